The Morgan fingerprint density at radius 2 is 1.86 bits per heavy atom. The molecule has 10 nitrogen and oxygen atoms in total. The molecule has 1 fully saturated rings. The molecule has 6 rings (SSSR count). The predicted molar refractivity (Wildman–Crippen MR) is 145 cm³/mol. The summed E-state index contributed by atoms with van der Waals surface area (Å²) in [6.07, 6.45) is 0.00840. The van der Waals surface area contributed by atoms with Gasteiger partial charge in [-0.2, -0.15) is 22.6 Å². The van der Waals surface area contributed by atoms with Crippen LogP contribution in [0.3, 0.4) is 0 Å². The van der Waals surface area contributed by atoms with Crippen LogP contribution < -0.4 is 0 Å². The first kappa shape index (κ1) is 29.7. The Balaban J connectivity index is 1.46. The average molecular weight is 634 g/mol. The standard InChI is InChI=1S/C28H24F5N7O3S/c1-38-16-35-26(37-38)44(42,43)39(15-28(31,32)33)22-5-2-18-10-24-17(14-36-40(24)21-6-3-19(29)4-7-21)12-27(18,13-22)25(41)23-11-20(30)8-9-34-23/h3-4,6-11,14,16,22H,2,5,12-13,15H2,1H3/t22-,27-/m0/s1. The smallest absolute Gasteiger partial charge is 0.291 e. The third-order valence-corrected chi connectivity index (χ3v) is 9.65. The topological polar surface area (TPSA) is 116 Å². The summed E-state index contributed by atoms with van der Waals surface area (Å²) < 4.78 is 99.4. The molecule has 0 N–H and O–H groups in total. The molecule has 0 spiro atoms. The fourth-order valence-electron chi connectivity index (χ4n) is 6.02. The number of carbonyl (C=O) groups excluding carboxylic acids is 1. The first-order chi connectivity index (χ1) is 20.8. The summed E-state index contributed by atoms with van der Waals surface area (Å²) in [6, 6.07) is 6.27. The maximum atomic E-state index is 14.3. The van der Waals surface area contributed by atoms with E-state index in [0.29, 0.717) is 26.8 Å². The summed E-state index contributed by atoms with van der Waals surface area (Å²) in [5.74, 6) is -1.84. The van der Waals surface area contributed by atoms with Crippen molar-refractivity contribution < 1.29 is 35.2 Å². The van der Waals surface area contributed by atoms with E-state index in [0.717, 1.165) is 29.3 Å². The van der Waals surface area contributed by atoms with E-state index in [1.807, 2.05) is 0 Å². The highest BCUT2D eigenvalue weighted by Crippen LogP contribution is 2.51. The molecule has 0 radical (unpaired) electrons. The number of alkyl halides is 3. The van der Waals surface area contributed by atoms with Gasteiger partial charge in [-0.3, -0.25) is 14.5 Å². The van der Waals surface area contributed by atoms with E-state index >= 15 is 0 Å². The zero-order valence-corrected chi connectivity index (χ0v) is 23.9. The molecular weight excluding hydrogens is 609 g/mol. The number of fused-ring (bicyclic) bond motifs is 2. The number of aromatic nitrogens is 6. The first-order valence-corrected chi connectivity index (χ1v) is 14.9. The lowest BCUT2D eigenvalue weighted by Gasteiger charge is -2.46. The number of allylic oxidation sites excluding steroid dienone is 1. The van der Waals surface area contributed by atoms with Crippen LogP contribution in [0, 0.1) is 17.0 Å². The molecule has 44 heavy (non-hydrogen) atoms. The Morgan fingerprint density at radius 1 is 1.11 bits per heavy atom. The largest absolute Gasteiger partial charge is 0.402 e. The maximum absolute atomic E-state index is 14.3. The van der Waals surface area contributed by atoms with Gasteiger partial charge in [0.05, 0.1) is 23.0 Å². The summed E-state index contributed by atoms with van der Waals surface area (Å²) >= 11 is 0. The number of pyridine rings is 1. The molecule has 230 valence electrons. The lowest BCUT2D eigenvalue weighted by Crippen LogP contribution is -2.53. The van der Waals surface area contributed by atoms with Crippen molar-refractivity contribution in [1.82, 2.24) is 33.8 Å². The van der Waals surface area contributed by atoms with Crippen molar-refractivity contribution in [3.8, 4) is 5.69 Å². The van der Waals surface area contributed by atoms with E-state index < -0.39 is 56.8 Å². The summed E-state index contributed by atoms with van der Waals surface area (Å²) in [7, 11) is -3.48. The molecule has 2 atom stereocenters. The Bertz CT molecular complexity index is 1890. The molecule has 3 heterocycles. The van der Waals surface area contributed by atoms with Crippen molar-refractivity contribution >= 4 is 21.9 Å². The van der Waals surface area contributed by atoms with Gasteiger partial charge in [-0.1, -0.05) is 5.57 Å². The molecule has 3 aromatic heterocycles. The number of hydrogen-bond acceptors (Lipinski definition) is 7. The number of rotatable bonds is 7. The number of nitrogens with zero attached hydrogens (tertiary/aromatic N) is 7. The summed E-state index contributed by atoms with van der Waals surface area (Å²) in [5.41, 5.74) is 0.362. The van der Waals surface area contributed by atoms with Gasteiger partial charge in [0.15, 0.2) is 5.78 Å². The third kappa shape index (κ3) is 5.32. The maximum Gasteiger partial charge on any atom is 0.402 e. The van der Waals surface area contributed by atoms with Gasteiger partial charge in [0, 0.05) is 25.4 Å². The van der Waals surface area contributed by atoms with Gasteiger partial charge in [-0.05, 0) is 67.7 Å². The van der Waals surface area contributed by atoms with E-state index in [1.165, 1.54) is 37.5 Å². The summed E-state index contributed by atoms with van der Waals surface area (Å²) in [4.78, 5) is 22.0. The van der Waals surface area contributed by atoms with Crippen LogP contribution in [0.15, 0.2) is 65.8 Å². The molecule has 0 bridgehead atoms. The van der Waals surface area contributed by atoms with Crippen LogP contribution in [0.25, 0.3) is 11.8 Å². The minimum absolute atomic E-state index is 0.0410. The normalized spacial score (nSPS) is 20.2. The lowest BCUT2D eigenvalue weighted by atomic mass is 9.60. The second-order valence-corrected chi connectivity index (χ2v) is 12.6. The monoisotopic (exact) mass is 633 g/mol. The van der Waals surface area contributed by atoms with Gasteiger partial charge in [0.1, 0.15) is 30.2 Å². The van der Waals surface area contributed by atoms with Crippen LogP contribution in [0.1, 0.15) is 41.0 Å². The highest BCUT2D eigenvalue weighted by atomic mass is 32.2. The number of aryl methyl sites for hydroxylation is 1. The van der Waals surface area contributed by atoms with Crippen LogP contribution in [0.5, 0.6) is 0 Å². The van der Waals surface area contributed by atoms with E-state index in [9.17, 15) is 35.2 Å². The molecule has 4 aromatic rings. The average Bonchev–Trinajstić information content (AvgIpc) is 3.60. The Kier molecular flexibility index (Phi) is 7.23. The van der Waals surface area contributed by atoms with Crippen molar-refractivity contribution in [1.29, 1.82) is 0 Å². The molecule has 16 heteroatoms. The van der Waals surface area contributed by atoms with E-state index in [2.05, 4.69) is 20.2 Å². The zero-order chi connectivity index (χ0) is 31.4. The van der Waals surface area contributed by atoms with Gasteiger partial charge in [0.25, 0.3) is 15.2 Å². The van der Waals surface area contributed by atoms with Crippen molar-refractivity contribution in [3.63, 3.8) is 0 Å². The minimum atomic E-state index is -4.92. The van der Waals surface area contributed by atoms with Gasteiger partial charge >= 0.3 is 6.18 Å². The van der Waals surface area contributed by atoms with Gasteiger partial charge in [-0.15, -0.1) is 5.10 Å². The molecular formula is C28H24F5N7O3S. The molecule has 2 aliphatic rings. The van der Waals surface area contributed by atoms with E-state index in [4.69, 9.17) is 0 Å². The fraction of sp³-hybridized carbons (Fsp3) is 0.321. The number of carbonyl (C=O) groups is 1. The molecule has 1 saturated carbocycles. The van der Waals surface area contributed by atoms with Crippen LogP contribution >= 0.6 is 0 Å². The quantitative estimate of drug-likeness (QED) is 0.220. The highest BCUT2D eigenvalue weighted by Gasteiger charge is 2.53. The Hall–Kier alpha value is -4.31. The first-order valence-electron chi connectivity index (χ1n) is 13.4. The van der Waals surface area contributed by atoms with E-state index in [1.54, 1.807) is 10.8 Å². The Labute approximate surface area is 247 Å². The second kappa shape index (κ2) is 10.7. The Morgan fingerprint density at radius 3 is 2.52 bits per heavy atom. The molecule has 0 unspecified atom stereocenters. The lowest BCUT2D eigenvalue weighted by molar-refractivity contribution is -0.140. The van der Waals surface area contributed by atoms with Crippen molar-refractivity contribution in [2.24, 2.45) is 12.5 Å². The van der Waals surface area contributed by atoms with Crippen LogP contribution in [0.2, 0.25) is 0 Å². The van der Waals surface area contributed by atoms with Crippen LogP contribution in [-0.2, 0) is 23.5 Å². The SMILES string of the molecule is Cn1cnc(S(=O)(=O)N(CC(F)(F)F)[C@H]2CCC3=Cc4c(cnn4-c4ccc(F)cc4)C[C@]3(C(=O)c3cc(F)ccn3)C2)n1. The van der Waals surface area contributed by atoms with Gasteiger partial charge in [0.2, 0.25) is 0 Å². The van der Waals surface area contributed by atoms with Gasteiger partial charge < -0.3 is 0 Å². The van der Waals surface area contributed by atoms with Crippen molar-refractivity contribution in [3.05, 3.63) is 89.3 Å². The number of sulfonamides is 1. The number of ketones is 1. The molecule has 2 aliphatic carbocycles. The van der Waals surface area contributed by atoms with Crippen molar-refractivity contribution in [2.75, 3.05) is 6.54 Å². The number of Topliss-reactive ketones (excluding diaryl/α,β-unsaturated/α-hetero) is 1. The van der Waals surface area contributed by atoms with Crippen LogP contribution in [-0.4, -0.2) is 66.8 Å². The van der Waals surface area contributed by atoms with E-state index in [-0.39, 0.29) is 31.4 Å². The summed E-state index contributed by atoms with van der Waals surface area (Å²) in [6.45, 7) is -1.83. The molecule has 0 amide bonds. The van der Waals surface area contributed by atoms with Crippen molar-refractivity contribution in [2.45, 2.75) is 43.1 Å². The number of halogens is 5. The molecule has 0 aliphatic heterocycles. The zero-order valence-electron chi connectivity index (χ0n) is 23.0. The predicted octanol–water partition coefficient (Wildman–Crippen LogP) is 4.29. The van der Waals surface area contributed by atoms with Gasteiger partial charge in [-0.25, -0.2) is 26.9 Å². The van der Waals surface area contributed by atoms with Crippen LogP contribution in [0.4, 0.5) is 22.0 Å². The highest BCUT2D eigenvalue weighted by molar-refractivity contribution is 7.89. The summed E-state index contributed by atoms with van der Waals surface area (Å²) in [5, 5.41) is 7.33. The fourth-order valence-corrected chi connectivity index (χ4v) is 7.53. The third-order valence-electron chi connectivity index (χ3n) is 7.96. The minimum Gasteiger partial charge on any atom is -0.291 e. The molecule has 1 aromatic carbocycles. The molecule has 0 saturated heterocycles. The number of hydrogen-bond donors (Lipinski definition) is 0. The second-order valence-electron chi connectivity index (χ2n) is 10.8. The number of benzene rings is 1.